The molecule has 2 N–H and O–H groups in total. The van der Waals surface area contributed by atoms with Crippen LogP contribution in [0.5, 0.6) is 0 Å². The van der Waals surface area contributed by atoms with Crippen molar-refractivity contribution in [3.8, 4) is 0 Å². The highest BCUT2D eigenvalue weighted by Crippen LogP contribution is 2.08. The molecule has 80 valence electrons. The molecule has 0 heterocycles. The molecule has 5 heteroatoms. The highest BCUT2D eigenvalue weighted by molar-refractivity contribution is 4.20. The van der Waals surface area contributed by atoms with E-state index in [-0.39, 0.29) is 31.2 Å². The van der Waals surface area contributed by atoms with Gasteiger partial charge in [0.05, 0.1) is 13.2 Å². The molecule has 0 radical (unpaired) electrons. The zero-order valence-electron chi connectivity index (χ0n) is 8.40. The van der Waals surface area contributed by atoms with Crippen LogP contribution in [0.25, 0.3) is 0 Å². The predicted molar refractivity (Wildman–Crippen MR) is 47.4 cm³/mol. The molecule has 0 aliphatic rings. The summed E-state index contributed by atoms with van der Waals surface area (Å²) in [5, 5.41) is 17.2. The number of rotatable bonds is 8. The summed E-state index contributed by atoms with van der Waals surface area (Å²) in [4.78, 5) is 10.7. The quantitative estimate of drug-likeness (QED) is 0.411. The topological polar surface area (TPSA) is 58.9 Å². The summed E-state index contributed by atoms with van der Waals surface area (Å²) in [6.07, 6.45) is 0. The van der Waals surface area contributed by atoms with E-state index in [0.717, 1.165) is 0 Å². The first-order valence-corrected chi connectivity index (χ1v) is 4.62. The number of hydrogen-bond donors (Lipinski definition) is 2. The smallest absolute Gasteiger partial charge is 0.139 e. The molecule has 0 unspecified atom stereocenters. The van der Waals surface area contributed by atoms with Crippen LogP contribution in [0.1, 0.15) is 13.8 Å². The number of quaternary nitrogens is 1. The number of nitrogens with zero attached hydrogens (tertiary/aromatic N) is 1. The van der Waals surface area contributed by atoms with Crippen LogP contribution in [0, 0.1) is 0 Å². The van der Waals surface area contributed by atoms with Gasteiger partial charge in [-0.3, -0.25) is 0 Å². The fraction of sp³-hybridized carbons (Fsp3) is 1.00. The van der Waals surface area contributed by atoms with Gasteiger partial charge in [-0.1, -0.05) is 0 Å². The second-order valence-corrected chi connectivity index (χ2v) is 2.56. The van der Waals surface area contributed by atoms with Gasteiger partial charge in [-0.05, 0) is 18.7 Å². The van der Waals surface area contributed by atoms with E-state index in [4.69, 9.17) is 19.9 Å². The van der Waals surface area contributed by atoms with Crippen LogP contribution in [-0.2, 0) is 9.68 Å². The summed E-state index contributed by atoms with van der Waals surface area (Å²) in [5.41, 5.74) is 0. The van der Waals surface area contributed by atoms with Crippen molar-refractivity contribution in [2.24, 2.45) is 0 Å². The lowest BCUT2D eigenvalue weighted by Crippen LogP contribution is -2.48. The number of aliphatic hydroxyl groups is 2. The first-order chi connectivity index (χ1) is 6.24. The molecule has 0 saturated heterocycles. The van der Waals surface area contributed by atoms with Gasteiger partial charge in [0.15, 0.2) is 0 Å². The van der Waals surface area contributed by atoms with Crippen molar-refractivity contribution >= 4 is 0 Å². The minimum atomic E-state index is -0.0253. The van der Waals surface area contributed by atoms with E-state index < -0.39 is 0 Å². The Bertz CT molecular complexity index is 107. The number of hydrogen-bond acceptors (Lipinski definition) is 4. The Morgan fingerprint density at radius 3 is 1.54 bits per heavy atom. The zero-order valence-corrected chi connectivity index (χ0v) is 8.40. The van der Waals surface area contributed by atoms with E-state index in [0.29, 0.717) is 13.1 Å². The van der Waals surface area contributed by atoms with E-state index in [9.17, 15) is 0 Å². The van der Waals surface area contributed by atoms with Gasteiger partial charge in [-0.25, -0.2) is 0 Å². The van der Waals surface area contributed by atoms with Crippen LogP contribution in [-0.4, -0.2) is 54.5 Å². The van der Waals surface area contributed by atoms with Gasteiger partial charge >= 0.3 is 0 Å². The Balaban J connectivity index is 3.97. The third-order valence-electron chi connectivity index (χ3n) is 1.80. The van der Waals surface area contributed by atoms with Gasteiger partial charge in [0, 0.05) is 0 Å². The standard InChI is InChI=1S/C8H20NO4/c1-3-9(4-2,12-7-5-10)13-8-6-11/h10-11H,3-8H2,1-2H3/q+1. The molecule has 0 fully saturated rings. The highest BCUT2D eigenvalue weighted by Gasteiger charge is 2.27. The molecular weight excluding hydrogens is 174 g/mol. The molecule has 0 rings (SSSR count). The zero-order chi connectivity index (χ0) is 10.2. The van der Waals surface area contributed by atoms with Crippen molar-refractivity contribution in [2.75, 3.05) is 39.5 Å². The largest absolute Gasteiger partial charge is 0.394 e. The maximum absolute atomic E-state index is 8.61. The van der Waals surface area contributed by atoms with Crippen molar-refractivity contribution in [2.45, 2.75) is 13.8 Å². The summed E-state index contributed by atoms with van der Waals surface area (Å²) in [6.45, 7) is 5.59. The maximum atomic E-state index is 8.61. The van der Waals surface area contributed by atoms with Crippen LogP contribution in [0.15, 0.2) is 0 Å². The molecule has 0 aromatic heterocycles. The Kier molecular flexibility index (Phi) is 7.12. The Hall–Kier alpha value is -0.200. The van der Waals surface area contributed by atoms with E-state index in [1.165, 1.54) is 0 Å². The highest BCUT2D eigenvalue weighted by atomic mass is 17.0. The Morgan fingerprint density at radius 1 is 0.923 bits per heavy atom. The second kappa shape index (κ2) is 7.23. The maximum Gasteiger partial charge on any atom is 0.139 e. The fourth-order valence-corrected chi connectivity index (χ4v) is 1.04. The minimum absolute atomic E-state index is 0.0253. The molecule has 0 amide bonds. The normalized spacial score (nSPS) is 12.0. The second-order valence-electron chi connectivity index (χ2n) is 2.56. The summed E-state index contributed by atoms with van der Waals surface area (Å²) in [6, 6.07) is 0. The van der Waals surface area contributed by atoms with Gasteiger partial charge in [-0.15, -0.1) is 0 Å². The number of aliphatic hydroxyl groups excluding tert-OH is 2. The van der Waals surface area contributed by atoms with Crippen molar-refractivity contribution in [3.63, 3.8) is 0 Å². The lowest BCUT2D eigenvalue weighted by Gasteiger charge is -2.29. The first-order valence-electron chi connectivity index (χ1n) is 4.62. The predicted octanol–water partition coefficient (Wildman–Crippen LogP) is -0.309. The van der Waals surface area contributed by atoms with Crippen LogP contribution >= 0.6 is 0 Å². The van der Waals surface area contributed by atoms with E-state index in [1.54, 1.807) is 0 Å². The van der Waals surface area contributed by atoms with Crippen LogP contribution < -0.4 is 0 Å². The average molecular weight is 194 g/mol. The molecule has 0 atom stereocenters. The summed E-state index contributed by atoms with van der Waals surface area (Å²) >= 11 is 0. The third-order valence-corrected chi connectivity index (χ3v) is 1.80. The van der Waals surface area contributed by atoms with Gasteiger partial charge in [0.1, 0.15) is 26.3 Å². The molecular formula is C8H20NO4+. The summed E-state index contributed by atoms with van der Waals surface area (Å²) < 4.78 is 0. The van der Waals surface area contributed by atoms with Gasteiger partial charge in [0.2, 0.25) is 0 Å². The molecule has 0 spiro atoms. The minimum Gasteiger partial charge on any atom is -0.394 e. The van der Waals surface area contributed by atoms with Crippen LogP contribution in [0.3, 0.4) is 0 Å². The lowest BCUT2D eigenvalue weighted by atomic mass is 10.6. The third kappa shape index (κ3) is 4.54. The Morgan fingerprint density at radius 2 is 1.31 bits per heavy atom. The van der Waals surface area contributed by atoms with Gasteiger partial charge in [0.25, 0.3) is 0 Å². The molecule has 0 aromatic carbocycles. The molecule has 13 heavy (non-hydrogen) atoms. The van der Waals surface area contributed by atoms with Crippen molar-refractivity contribution < 1.29 is 24.7 Å². The van der Waals surface area contributed by atoms with Crippen molar-refractivity contribution in [3.05, 3.63) is 0 Å². The molecule has 0 aliphatic carbocycles. The average Bonchev–Trinajstić information content (AvgIpc) is 2.20. The van der Waals surface area contributed by atoms with Gasteiger partial charge < -0.3 is 10.2 Å². The van der Waals surface area contributed by atoms with E-state index in [2.05, 4.69) is 0 Å². The van der Waals surface area contributed by atoms with Crippen molar-refractivity contribution in [1.82, 2.24) is 0 Å². The van der Waals surface area contributed by atoms with Crippen molar-refractivity contribution in [1.29, 1.82) is 0 Å². The molecule has 0 bridgehead atoms. The summed E-state index contributed by atoms with van der Waals surface area (Å²) in [7, 11) is 0. The fourth-order valence-electron chi connectivity index (χ4n) is 1.04. The van der Waals surface area contributed by atoms with Crippen LogP contribution in [0.2, 0.25) is 0 Å². The first kappa shape index (κ1) is 12.8. The monoisotopic (exact) mass is 194 g/mol. The summed E-state index contributed by atoms with van der Waals surface area (Å²) in [5.74, 6) is 0. The van der Waals surface area contributed by atoms with Crippen LogP contribution in [0.4, 0.5) is 0 Å². The number of hydroxylamine groups is 4. The lowest BCUT2D eigenvalue weighted by molar-refractivity contribution is -1.24. The SMILES string of the molecule is CC[N+](CC)(OCCO)OCCO. The Labute approximate surface area is 79.0 Å². The molecule has 0 aromatic rings. The molecule has 5 nitrogen and oxygen atoms in total. The van der Waals surface area contributed by atoms with Gasteiger partial charge in [-0.2, -0.15) is 9.68 Å². The van der Waals surface area contributed by atoms with E-state index in [1.807, 2.05) is 13.8 Å². The molecule has 0 aliphatic heterocycles. The molecule has 0 saturated carbocycles. The van der Waals surface area contributed by atoms with E-state index >= 15 is 0 Å².